The van der Waals surface area contributed by atoms with Crippen molar-refractivity contribution in [1.82, 2.24) is 10.2 Å². The summed E-state index contributed by atoms with van der Waals surface area (Å²) < 4.78 is 5.47. The predicted octanol–water partition coefficient (Wildman–Crippen LogP) is 2.02. The lowest BCUT2D eigenvalue weighted by molar-refractivity contribution is 0.0281. The van der Waals surface area contributed by atoms with Gasteiger partial charge in [-0.2, -0.15) is 0 Å². The van der Waals surface area contributed by atoms with Gasteiger partial charge in [0, 0.05) is 25.7 Å². The van der Waals surface area contributed by atoms with Crippen molar-refractivity contribution < 1.29 is 4.74 Å². The molecule has 2 rings (SSSR count). The van der Waals surface area contributed by atoms with Crippen LogP contribution in [0.3, 0.4) is 0 Å². The van der Waals surface area contributed by atoms with E-state index in [1.54, 1.807) is 0 Å². The van der Waals surface area contributed by atoms with E-state index in [4.69, 9.17) is 4.74 Å². The van der Waals surface area contributed by atoms with Gasteiger partial charge >= 0.3 is 0 Å². The van der Waals surface area contributed by atoms with Crippen LogP contribution in [-0.2, 0) is 4.74 Å². The van der Waals surface area contributed by atoms with Gasteiger partial charge in [-0.1, -0.05) is 6.92 Å². The van der Waals surface area contributed by atoms with Crippen LogP contribution in [0.4, 0.5) is 0 Å². The molecule has 0 radical (unpaired) electrons. The molecule has 2 fully saturated rings. The molecule has 1 saturated carbocycles. The molecule has 0 amide bonds. The van der Waals surface area contributed by atoms with Crippen molar-refractivity contribution in [2.24, 2.45) is 0 Å². The largest absolute Gasteiger partial charge is 0.381 e. The fourth-order valence-corrected chi connectivity index (χ4v) is 3.46. The maximum Gasteiger partial charge on any atom is 0.0572 e. The lowest BCUT2D eigenvalue weighted by atomic mass is 9.90. The molecule has 0 aromatic carbocycles. The Balaban J connectivity index is 1.87. The third-order valence-corrected chi connectivity index (χ3v) is 4.43. The molecule has 1 atom stereocenters. The normalized spacial score (nSPS) is 34.4. The second kappa shape index (κ2) is 6.72. The fourth-order valence-electron chi connectivity index (χ4n) is 3.46. The standard InChI is InChI=1S/C14H28N2O/c1-3-10-16(13-8-9-15-11-13)12-4-6-14(17-2)7-5-12/h12-15H,3-11H2,1-2H3. The highest BCUT2D eigenvalue weighted by molar-refractivity contribution is 4.87. The van der Waals surface area contributed by atoms with Gasteiger partial charge in [0.2, 0.25) is 0 Å². The summed E-state index contributed by atoms with van der Waals surface area (Å²) in [5.41, 5.74) is 0. The average Bonchev–Trinajstić information content (AvgIpc) is 2.90. The number of nitrogens with one attached hydrogen (secondary N) is 1. The van der Waals surface area contributed by atoms with E-state index >= 15 is 0 Å². The van der Waals surface area contributed by atoms with Crippen LogP contribution in [0, 0.1) is 0 Å². The Morgan fingerprint density at radius 2 is 1.88 bits per heavy atom. The third-order valence-electron chi connectivity index (χ3n) is 4.43. The lowest BCUT2D eigenvalue weighted by Crippen LogP contribution is -2.46. The Kier molecular flexibility index (Phi) is 5.26. The van der Waals surface area contributed by atoms with Crippen LogP contribution < -0.4 is 5.32 Å². The van der Waals surface area contributed by atoms with Gasteiger partial charge in [0.15, 0.2) is 0 Å². The molecular weight excluding hydrogens is 212 g/mol. The number of nitrogens with zero attached hydrogens (tertiary/aromatic N) is 1. The Morgan fingerprint density at radius 1 is 1.12 bits per heavy atom. The highest BCUT2D eigenvalue weighted by Gasteiger charge is 2.31. The Labute approximate surface area is 106 Å². The van der Waals surface area contributed by atoms with E-state index in [0.717, 1.165) is 12.1 Å². The monoisotopic (exact) mass is 240 g/mol. The molecular formula is C14H28N2O. The number of ether oxygens (including phenoxy) is 1. The van der Waals surface area contributed by atoms with E-state index in [1.807, 2.05) is 7.11 Å². The summed E-state index contributed by atoms with van der Waals surface area (Å²) in [5.74, 6) is 0. The van der Waals surface area contributed by atoms with Crippen LogP contribution in [0.1, 0.15) is 45.4 Å². The molecule has 17 heavy (non-hydrogen) atoms. The van der Waals surface area contributed by atoms with Gasteiger partial charge in [-0.3, -0.25) is 4.90 Å². The molecule has 0 aromatic rings. The molecule has 1 heterocycles. The predicted molar refractivity (Wildman–Crippen MR) is 71.3 cm³/mol. The molecule has 0 aromatic heterocycles. The number of methoxy groups -OCH3 is 1. The van der Waals surface area contributed by atoms with Gasteiger partial charge in [-0.15, -0.1) is 0 Å². The van der Waals surface area contributed by atoms with Crippen molar-refractivity contribution in [3.8, 4) is 0 Å². The molecule has 1 saturated heterocycles. The highest BCUT2D eigenvalue weighted by atomic mass is 16.5. The van der Waals surface area contributed by atoms with Gasteiger partial charge in [0.05, 0.1) is 6.10 Å². The molecule has 1 aliphatic heterocycles. The van der Waals surface area contributed by atoms with Gasteiger partial charge in [0.1, 0.15) is 0 Å². The first-order valence-corrected chi connectivity index (χ1v) is 7.34. The van der Waals surface area contributed by atoms with Crippen LogP contribution in [0.2, 0.25) is 0 Å². The molecule has 1 unspecified atom stereocenters. The molecule has 1 aliphatic carbocycles. The van der Waals surface area contributed by atoms with Crippen molar-refractivity contribution in [1.29, 1.82) is 0 Å². The maximum absolute atomic E-state index is 5.47. The van der Waals surface area contributed by atoms with Crippen molar-refractivity contribution in [2.45, 2.75) is 63.6 Å². The van der Waals surface area contributed by atoms with Crippen molar-refractivity contribution in [3.05, 3.63) is 0 Å². The van der Waals surface area contributed by atoms with Crippen LogP contribution in [-0.4, -0.2) is 49.8 Å². The summed E-state index contributed by atoms with van der Waals surface area (Å²) >= 11 is 0. The van der Waals surface area contributed by atoms with E-state index in [9.17, 15) is 0 Å². The minimum absolute atomic E-state index is 0.524. The zero-order chi connectivity index (χ0) is 12.1. The van der Waals surface area contributed by atoms with Gasteiger partial charge in [-0.05, 0) is 51.6 Å². The van der Waals surface area contributed by atoms with Crippen LogP contribution in [0.25, 0.3) is 0 Å². The Bertz CT molecular complexity index is 208. The van der Waals surface area contributed by atoms with Gasteiger partial charge in [0.25, 0.3) is 0 Å². The SMILES string of the molecule is CCCN(C1CCC(OC)CC1)C1CCNC1. The summed E-state index contributed by atoms with van der Waals surface area (Å²) in [7, 11) is 1.86. The fraction of sp³-hybridized carbons (Fsp3) is 1.00. The lowest BCUT2D eigenvalue weighted by Gasteiger charge is -2.39. The molecule has 1 N–H and O–H groups in total. The third kappa shape index (κ3) is 3.43. The second-order valence-corrected chi connectivity index (χ2v) is 5.55. The quantitative estimate of drug-likeness (QED) is 0.795. The van der Waals surface area contributed by atoms with E-state index in [2.05, 4.69) is 17.1 Å². The van der Waals surface area contributed by atoms with Crippen molar-refractivity contribution in [3.63, 3.8) is 0 Å². The average molecular weight is 240 g/mol. The minimum atomic E-state index is 0.524. The first kappa shape index (κ1) is 13.3. The Hall–Kier alpha value is -0.120. The topological polar surface area (TPSA) is 24.5 Å². The van der Waals surface area contributed by atoms with Gasteiger partial charge in [-0.25, -0.2) is 0 Å². The molecule has 3 nitrogen and oxygen atoms in total. The molecule has 0 spiro atoms. The zero-order valence-electron chi connectivity index (χ0n) is 11.5. The van der Waals surface area contributed by atoms with Crippen molar-refractivity contribution in [2.75, 3.05) is 26.7 Å². The number of hydrogen-bond acceptors (Lipinski definition) is 3. The minimum Gasteiger partial charge on any atom is -0.381 e. The zero-order valence-corrected chi connectivity index (χ0v) is 11.5. The summed E-state index contributed by atoms with van der Waals surface area (Å²) in [5, 5.41) is 3.50. The molecule has 2 aliphatic rings. The first-order chi connectivity index (χ1) is 8.35. The summed E-state index contributed by atoms with van der Waals surface area (Å²) in [6.07, 6.45) is 8.30. The van der Waals surface area contributed by atoms with Crippen LogP contribution in [0.15, 0.2) is 0 Å². The highest BCUT2D eigenvalue weighted by Crippen LogP contribution is 2.27. The maximum atomic E-state index is 5.47. The van der Waals surface area contributed by atoms with E-state index < -0.39 is 0 Å². The second-order valence-electron chi connectivity index (χ2n) is 5.55. The smallest absolute Gasteiger partial charge is 0.0572 e. The summed E-state index contributed by atoms with van der Waals surface area (Å²) in [6, 6.07) is 1.60. The first-order valence-electron chi connectivity index (χ1n) is 7.34. The van der Waals surface area contributed by atoms with Gasteiger partial charge < -0.3 is 10.1 Å². The van der Waals surface area contributed by atoms with Crippen LogP contribution >= 0.6 is 0 Å². The van der Waals surface area contributed by atoms with E-state index in [0.29, 0.717) is 6.10 Å². The summed E-state index contributed by atoms with van der Waals surface area (Å²) in [6.45, 7) is 5.98. The molecule has 100 valence electrons. The van der Waals surface area contributed by atoms with Crippen LogP contribution in [0.5, 0.6) is 0 Å². The molecule has 0 bridgehead atoms. The summed E-state index contributed by atoms with van der Waals surface area (Å²) in [4.78, 5) is 2.78. The molecule has 3 heteroatoms. The van der Waals surface area contributed by atoms with Crippen molar-refractivity contribution >= 4 is 0 Å². The van der Waals surface area contributed by atoms with E-state index in [-0.39, 0.29) is 0 Å². The number of hydrogen-bond donors (Lipinski definition) is 1. The number of rotatable bonds is 5. The van der Waals surface area contributed by atoms with E-state index in [1.165, 1.54) is 58.2 Å². The Morgan fingerprint density at radius 3 is 2.41 bits per heavy atom.